The number of rotatable bonds is 3. The Morgan fingerprint density at radius 1 is 1.17 bits per heavy atom. The molecule has 2 aromatic rings. The lowest BCUT2D eigenvalue weighted by atomic mass is 9.75. The smallest absolute Gasteiger partial charge is 0.302 e. The maximum atomic E-state index is 12.5. The van der Waals surface area contributed by atoms with Crippen LogP contribution in [0.3, 0.4) is 0 Å². The van der Waals surface area contributed by atoms with Crippen LogP contribution >= 0.6 is 11.6 Å². The van der Waals surface area contributed by atoms with E-state index in [-0.39, 0.29) is 28.0 Å². The maximum Gasteiger partial charge on any atom is 0.302 e. The van der Waals surface area contributed by atoms with Gasteiger partial charge < -0.3 is 22.1 Å². The number of benzene rings is 1. The first kappa shape index (κ1) is 19.4. The van der Waals surface area contributed by atoms with E-state index in [1.807, 2.05) is 6.07 Å². The standard InChI is InChI=1S/C20H24ClN7O/c21-15-17(23)26-16(22)14(25-15)18(29)27-19-24-11-20(28-19)8-6-13(7-9-20)10-12-4-2-1-3-5-12/h1-5,13H,6-11H2,(H4,22,23,26)(H2,24,27,28,29). The van der Waals surface area contributed by atoms with Crippen molar-refractivity contribution in [3.63, 3.8) is 0 Å². The molecule has 1 aromatic carbocycles. The number of nitrogens with two attached hydrogens (primary N) is 2. The minimum absolute atomic E-state index is 0.0169. The molecule has 0 atom stereocenters. The van der Waals surface area contributed by atoms with Gasteiger partial charge in [0.15, 0.2) is 28.4 Å². The monoisotopic (exact) mass is 413 g/mol. The van der Waals surface area contributed by atoms with E-state index in [4.69, 9.17) is 23.1 Å². The van der Waals surface area contributed by atoms with E-state index >= 15 is 0 Å². The molecule has 29 heavy (non-hydrogen) atoms. The predicted octanol–water partition coefficient (Wildman–Crippen LogP) is 2.16. The van der Waals surface area contributed by atoms with Gasteiger partial charge in [-0.1, -0.05) is 41.9 Å². The van der Waals surface area contributed by atoms with E-state index in [2.05, 4.69) is 49.9 Å². The van der Waals surface area contributed by atoms with Crippen LogP contribution in [0.5, 0.6) is 0 Å². The second-order valence-electron chi connectivity index (χ2n) is 7.79. The second kappa shape index (κ2) is 7.87. The van der Waals surface area contributed by atoms with Crippen LogP contribution in [-0.2, 0) is 6.42 Å². The number of hydrogen-bond donors (Lipinski definition) is 4. The van der Waals surface area contributed by atoms with Crippen LogP contribution in [0, 0.1) is 5.92 Å². The van der Waals surface area contributed by atoms with Crippen molar-refractivity contribution in [1.82, 2.24) is 20.6 Å². The van der Waals surface area contributed by atoms with Gasteiger partial charge in [-0.3, -0.25) is 4.79 Å². The number of carbonyl (C=O) groups is 1. The van der Waals surface area contributed by atoms with Gasteiger partial charge in [-0.25, -0.2) is 9.97 Å². The molecule has 0 radical (unpaired) electrons. The number of hydrogen-bond acceptors (Lipinski definition) is 5. The molecule has 4 rings (SSSR count). The minimum atomic E-state index is -0.610. The highest BCUT2D eigenvalue weighted by atomic mass is 35.5. The summed E-state index contributed by atoms with van der Waals surface area (Å²) in [7, 11) is 0. The molecule has 1 aliphatic carbocycles. The van der Waals surface area contributed by atoms with Crippen LogP contribution in [0.2, 0.25) is 5.15 Å². The van der Waals surface area contributed by atoms with Gasteiger partial charge in [-0.05, 0) is 43.6 Å². The molecule has 1 aromatic heterocycles. The summed E-state index contributed by atoms with van der Waals surface area (Å²) in [5.41, 5.74) is 12.5. The van der Waals surface area contributed by atoms with Crippen LogP contribution in [0.25, 0.3) is 0 Å². The minimum Gasteiger partial charge on any atom is -0.382 e. The Hall–Kier alpha value is -2.87. The van der Waals surface area contributed by atoms with Crippen molar-refractivity contribution in [2.45, 2.75) is 37.6 Å². The normalized spacial score (nSPS) is 25.0. The summed E-state index contributed by atoms with van der Waals surface area (Å²) < 4.78 is 0. The van der Waals surface area contributed by atoms with Crippen LogP contribution in [0.1, 0.15) is 41.7 Å². The Balaban J connectivity index is 1.38. The third kappa shape index (κ3) is 4.27. The highest BCUT2D eigenvalue weighted by molar-refractivity contribution is 6.31. The largest absolute Gasteiger partial charge is 0.382 e. The number of nitrogens with zero attached hydrogens (tertiary/aromatic N) is 3. The Morgan fingerprint density at radius 2 is 1.90 bits per heavy atom. The molecule has 8 nitrogen and oxygen atoms in total. The summed E-state index contributed by atoms with van der Waals surface area (Å²) in [6.45, 7) is 0.737. The molecule has 0 bridgehead atoms. The molecule has 0 unspecified atom stereocenters. The fourth-order valence-corrected chi connectivity index (χ4v) is 4.22. The predicted molar refractivity (Wildman–Crippen MR) is 114 cm³/mol. The molecule has 2 fully saturated rings. The summed E-state index contributed by atoms with van der Waals surface area (Å²) >= 11 is 5.85. The van der Waals surface area contributed by atoms with Crippen molar-refractivity contribution in [2.24, 2.45) is 10.9 Å². The van der Waals surface area contributed by atoms with E-state index in [0.717, 1.165) is 38.6 Å². The molecular weight excluding hydrogens is 390 g/mol. The van der Waals surface area contributed by atoms with E-state index in [1.165, 1.54) is 5.56 Å². The van der Waals surface area contributed by atoms with Gasteiger partial charge in [-0.15, -0.1) is 0 Å². The summed E-state index contributed by atoms with van der Waals surface area (Å²) in [6.07, 6.45) is 5.44. The number of nitrogens with one attached hydrogen (secondary N) is 2. The molecule has 9 heteroatoms. The fraction of sp³-hybridized carbons (Fsp3) is 0.400. The van der Waals surface area contributed by atoms with Crippen molar-refractivity contribution in [3.05, 3.63) is 46.7 Å². The van der Waals surface area contributed by atoms with Crippen molar-refractivity contribution in [3.8, 4) is 0 Å². The quantitative estimate of drug-likeness (QED) is 0.606. The van der Waals surface area contributed by atoms with Gasteiger partial charge >= 0.3 is 5.91 Å². The summed E-state index contributed by atoms with van der Waals surface area (Å²) in [5.74, 6) is 0.402. The first-order chi connectivity index (χ1) is 13.9. The summed E-state index contributed by atoms with van der Waals surface area (Å²) in [5, 5.41) is 6.54. The Bertz CT molecular complexity index is 939. The van der Waals surface area contributed by atoms with Gasteiger partial charge in [0, 0.05) is 6.54 Å². The van der Waals surface area contributed by atoms with Gasteiger partial charge in [0.2, 0.25) is 0 Å². The molecule has 1 saturated carbocycles. The Labute approximate surface area is 174 Å². The van der Waals surface area contributed by atoms with Gasteiger partial charge in [0.25, 0.3) is 0 Å². The van der Waals surface area contributed by atoms with E-state index in [1.54, 1.807) is 0 Å². The highest BCUT2D eigenvalue weighted by Crippen LogP contribution is 2.35. The Morgan fingerprint density at radius 3 is 2.62 bits per heavy atom. The number of nitrogen functional groups attached to an aromatic ring is 2. The van der Waals surface area contributed by atoms with E-state index in [0.29, 0.717) is 11.9 Å². The van der Waals surface area contributed by atoms with Crippen molar-refractivity contribution in [1.29, 1.82) is 0 Å². The lowest BCUT2D eigenvalue weighted by molar-refractivity contribution is 0.0998. The summed E-state index contributed by atoms with van der Waals surface area (Å²) in [6, 6.07) is 10.6. The number of anilines is 2. The number of aromatic nitrogens is 2. The molecule has 1 saturated heterocycles. The van der Waals surface area contributed by atoms with Crippen LogP contribution < -0.4 is 22.1 Å². The molecule has 2 heterocycles. The van der Waals surface area contributed by atoms with Crippen LogP contribution in [-0.4, -0.2) is 33.9 Å². The first-order valence-electron chi connectivity index (χ1n) is 9.72. The van der Waals surface area contributed by atoms with Crippen molar-refractivity contribution >= 4 is 35.1 Å². The van der Waals surface area contributed by atoms with E-state index in [9.17, 15) is 4.79 Å². The molecule has 2 aliphatic rings. The highest BCUT2D eigenvalue weighted by Gasteiger charge is 2.40. The van der Waals surface area contributed by atoms with Gasteiger partial charge in [0.1, 0.15) is 0 Å². The number of guanidine groups is 1. The lowest BCUT2D eigenvalue weighted by Gasteiger charge is -2.36. The molecular formula is C20H24ClN7O. The van der Waals surface area contributed by atoms with E-state index < -0.39 is 5.91 Å². The van der Waals surface area contributed by atoms with Gasteiger partial charge in [-0.2, -0.15) is 4.99 Å². The number of aliphatic imine (C=N–C) groups is 1. The molecule has 152 valence electrons. The molecule has 1 spiro atoms. The zero-order valence-electron chi connectivity index (χ0n) is 16.0. The van der Waals surface area contributed by atoms with Crippen LogP contribution in [0.15, 0.2) is 35.3 Å². The zero-order chi connectivity index (χ0) is 20.4. The zero-order valence-corrected chi connectivity index (χ0v) is 16.7. The van der Waals surface area contributed by atoms with Crippen molar-refractivity contribution in [2.75, 3.05) is 18.0 Å². The fourth-order valence-electron chi connectivity index (χ4n) is 4.10. The molecule has 1 aliphatic heterocycles. The maximum absolute atomic E-state index is 12.5. The number of halogens is 1. The second-order valence-corrected chi connectivity index (χ2v) is 8.15. The van der Waals surface area contributed by atoms with Crippen molar-refractivity contribution < 1.29 is 4.79 Å². The number of carbonyl (C=O) groups excluding carboxylic acids is 1. The number of amides is 1. The average Bonchev–Trinajstić information content (AvgIpc) is 3.09. The SMILES string of the molecule is Nc1nc(N)c(C(=O)/N=C2/NCC3(CCC(Cc4ccccc4)CC3)N2)nc1Cl. The lowest BCUT2D eigenvalue weighted by Crippen LogP contribution is -2.46. The molecule has 1 amide bonds. The average molecular weight is 414 g/mol. The van der Waals surface area contributed by atoms with Crippen LogP contribution in [0.4, 0.5) is 11.6 Å². The topological polar surface area (TPSA) is 131 Å². The van der Waals surface area contributed by atoms with Gasteiger partial charge in [0.05, 0.1) is 5.54 Å². The molecule has 6 N–H and O–H groups in total. The Kier molecular flexibility index (Phi) is 5.27. The first-order valence-corrected chi connectivity index (χ1v) is 10.1. The summed E-state index contributed by atoms with van der Waals surface area (Å²) in [4.78, 5) is 24.3. The third-order valence-corrected chi connectivity index (χ3v) is 6.01. The third-order valence-electron chi connectivity index (χ3n) is 5.73.